The van der Waals surface area contributed by atoms with E-state index in [1.165, 1.54) is 23.7 Å². The van der Waals surface area contributed by atoms with Crippen molar-refractivity contribution in [1.82, 2.24) is 9.88 Å². The number of anilines is 1. The topological polar surface area (TPSA) is 110 Å². The molecule has 0 fully saturated rings. The number of rotatable bonds is 7. The van der Waals surface area contributed by atoms with E-state index in [0.29, 0.717) is 16.8 Å². The number of nitrogens with one attached hydrogen (secondary N) is 2. The van der Waals surface area contributed by atoms with Crippen LogP contribution in [0.5, 0.6) is 5.75 Å². The van der Waals surface area contributed by atoms with E-state index < -0.39 is 41.0 Å². The highest BCUT2D eigenvalue weighted by Gasteiger charge is 2.21. The summed E-state index contributed by atoms with van der Waals surface area (Å²) >= 11 is 0. The fraction of sp³-hybridized carbons (Fsp3) is 0.240. The standard InChI is InChI=1S/C25H25F2N3O5/c1-4-35-22(32)13-20(28-25(34)29-23-21(31)11-14(2)30(3)24(23)33)16-7-5-15(6-8-16)18-10-9-17(26)12-19(18)27/h5-12,20,31H,4,13H2,1-3H3,(H2,28,29,34). The summed E-state index contributed by atoms with van der Waals surface area (Å²) in [4.78, 5) is 37.2. The quantitative estimate of drug-likeness (QED) is 0.436. The molecule has 0 saturated carbocycles. The second-order valence-electron chi connectivity index (χ2n) is 7.82. The molecular formula is C25H25F2N3O5. The van der Waals surface area contributed by atoms with Crippen molar-refractivity contribution < 1.29 is 28.2 Å². The zero-order chi connectivity index (χ0) is 25.7. The summed E-state index contributed by atoms with van der Waals surface area (Å²) in [6.45, 7) is 3.42. The third-order valence-corrected chi connectivity index (χ3v) is 5.42. The number of hydrogen-bond donors (Lipinski definition) is 3. The minimum absolute atomic E-state index is 0.147. The molecule has 0 radical (unpaired) electrons. The lowest BCUT2D eigenvalue weighted by Crippen LogP contribution is -2.36. The number of aromatic hydroxyl groups is 1. The number of benzene rings is 2. The van der Waals surface area contributed by atoms with Crippen LogP contribution < -0.4 is 16.2 Å². The van der Waals surface area contributed by atoms with Crippen LogP contribution in [0.3, 0.4) is 0 Å². The summed E-state index contributed by atoms with van der Waals surface area (Å²) in [7, 11) is 1.50. The van der Waals surface area contributed by atoms with Crippen LogP contribution in [0.1, 0.15) is 30.6 Å². The maximum atomic E-state index is 14.1. The molecule has 0 aliphatic rings. The van der Waals surface area contributed by atoms with Crippen LogP contribution in [0.4, 0.5) is 19.3 Å². The number of halogens is 2. The van der Waals surface area contributed by atoms with Gasteiger partial charge in [-0.15, -0.1) is 0 Å². The van der Waals surface area contributed by atoms with E-state index in [0.717, 1.165) is 12.1 Å². The van der Waals surface area contributed by atoms with Gasteiger partial charge in [-0.05, 0) is 37.1 Å². The third kappa shape index (κ3) is 6.03. The molecule has 1 unspecified atom stereocenters. The van der Waals surface area contributed by atoms with Crippen LogP contribution in [-0.4, -0.2) is 28.3 Å². The summed E-state index contributed by atoms with van der Waals surface area (Å²) in [5.41, 5.74) is 0.740. The number of carbonyl (C=O) groups is 2. The van der Waals surface area contributed by atoms with Gasteiger partial charge >= 0.3 is 12.0 Å². The van der Waals surface area contributed by atoms with Gasteiger partial charge in [-0.3, -0.25) is 9.59 Å². The minimum Gasteiger partial charge on any atom is -0.505 e. The third-order valence-electron chi connectivity index (χ3n) is 5.42. The predicted molar refractivity (Wildman–Crippen MR) is 126 cm³/mol. The number of amides is 2. The van der Waals surface area contributed by atoms with Crippen molar-refractivity contribution in [2.75, 3.05) is 11.9 Å². The van der Waals surface area contributed by atoms with Gasteiger partial charge in [0.2, 0.25) is 0 Å². The first-order valence-electron chi connectivity index (χ1n) is 10.8. The molecular weight excluding hydrogens is 460 g/mol. The number of pyridine rings is 1. The highest BCUT2D eigenvalue weighted by atomic mass is 19.1. The lowest BCUT2D eigenvalue weighted by atomic mass is 9.99. The molecule has 3 rings (SSSR count). The predicted octanol–water partition coefficient (Wildman–Crippen LogP) is 4.16. The Bertz CT molecular complexity index is 1310. The maximum Gasteiger partial charge on any atom is 0.319 e. The van der Waals surface area contributed by atoms with Gasteiger partial charge < -0.3 is 25.0 Å². The molecule has 0 saturated heterocycles. The van der Waals surface area contributed by atoms with Crippen LogP contribution in [-0.2, 0) is 16.6 Å². The van der Waals surface area contributed by atoms with Gasteiger partial charge in [-0.1, -0.05) is 24.3 Å². The van der Waals surface area contributed by atoms with E-state index >= 15 is 0 Å². The Hall–Kier alpha value is -4.21. The van der Waals surface area contributed by atoms with Crippen LogP contribution in [0.25, 0.3) is 11.1 Å². The molecule has 0 aliphatic heterocycles. The van der Waals surface area contributed by atoms with Crippen LogP contribution in [0, 0.1) is 18.6 Å². The minimum atomic E-state index is -0.863. The first kappa shape index (κ1) is 25.4. The van der Waals surface area contributed by atoms with Crippen LogP contribution >= 0.6 is 0 Å². The van der Waals surface area contributed by atoms with E-state index in [1.54, 1.807) is 38.1 Å². The second kappa shape index (κ2) is 10.8. The normalized spacial score (nSPS) is 11.6. The molecule has 8 nitrogen and oxygen atoms in total. The number of hydrogen-bond acceptors (Lipinski definition) is 5. The van der Waals surface area contributed by atoms with Gasteiger partial charge in [0.15, 0.2) is 5.69 Å². The summed E-state index contributed by atoms with van der Waals surface area (Å²) in [6.07, 6.45) is -0.219. The van der Waals surface area contributed by atoms with Crippen molar-refractivity contribution in [3.05, 3.63) is 81.8 Å². The fourth-order valence-corrected chi connectivity index (χ4v) is 3.49. The smallest absolute Gasteiger partial charge is 0.319 e. The Labute approximate surface area is 200 Å². The van der Waals surface area contributed by atoms with Crippen molar-refractivity contribution >= 4 is 17.7 Å². The summed E-state index contributed by atoms with van der Waals surface area (Å²) in [6, 6.07) is 9.21. The first-order chi connectivity index (χ1) is 16.6. The highest BCUT2D eigenvalue weighted by molar-refractivity contribution is 5.91. The van der Waals surface area contributed by atoms with Crippen molar-refractivity contribution in [3.63, 3.8) is 0 Å². The average molecular weight is 485 g/mol. The molecule has 35 heavy (non-hydrogen) atoms. The molecule has 2 amide bonds. The Morgan fingerprint density at radius 3 is 2.43 bits per heavy atom. The largest absolute Gasteiger partial charge is 0.505 e. The molecule has 0 bridgehead atoms. The van der Waals surface area contributed by atoms with E-state index in [4.69, 9.17) is 4.74 Å². The van der Waals surface area contributed by atoms with E-state index in [-0.39, 0.29) is 24.3 Å². The Kier molecular flexibility index (Phi) is 7.85. The summed E-state index contributed by atoms with van der Waals surface area (Å²) in [5, 5.41) is 15.0. The van der Waals surface area contributed by atoms with Crippen LogP contribution in [0.15, 0.2) is 53.3 Å². The number of nitrogens with zero attached hydrogens (tertiary/aromatic N) is 1. The van der Waals surface area contributed by atoms with Crippen molar-refractivity contribution in [1.29, 1.82) is 0 Å². The molecule has 0 spiro atoms. The number of carbonyl (C=O) groups excluding carboxylic acids is 2. The van der Waals surface area contributed by atoms with Gasteiger partial charge in [-0.25, -0.2) is 13.6 Å². The molecule has 3 N–H and O–H groups in total. The van der Waals surface area contributed by atoms with Gasteiger partial charge in [0.1, 0.15) is 17.4 Å². The zero-order valence-corrected chi connectivity index (χ0v) is 19.4. The maximum absolute atomic E-state index is 14.1. The Morgan fingerprint density at radius 2 is 1.80 bits per heavy atom. The molecule has 1 aromatic heterocycles. The van der Waals surface area contributed by atoms with Gasteiger partial charge in [0, 0.05) is 30.4 Å². The number of ether oxygens (including phenoxy) is 1. The molecule has 2 aromatic carbocycles. The molecule has 3 aromatic rings. The van der Waals surface area contributed by atoms with Gasteiger partial charge in [-0.2, -0.15) is 0 Å². The Morgan fingerprint density at radius 1 is 1.11 bits per heavy atom. The summed E-state index contributed by atoms with van der Waals surface area (Å²) < 4.78 is 33.6. The Balaban J connectivity index is 1.85. The van der Waals surface area contributed by atoms with Crippen LogP contribution in [0.2, 0.25) is 0 Å². The molecule has 0 aliphatic carbocycles. The lowest BCUT2D eigenvalue weighted by Gasteiger charge is -2.20. The molecule has 184 valence electrons. The van der Waals surface area contributed by atoms with Crippen molar-refractivity contribution in [2.24, 2.45) is 7.05 Å². The van der Waals surface area contributed by atoms with Gasteiger partial charge in [0.25, 0.3) is 5.56 Å². The molecule has 1 atom stereocenters. The lowest BCUT2D eigenvalue weighted by molar-refractivity contribution is -0.143. The first-order valence-corrected chi connectivity index (χ1v) is 10.8. The molecule has 1 heterocycles. The SMILES string of the molecule is CCOC(=O)CC(NC(=O)Nc1c(O)cc(C)n(C)c1=O)c1ccc(-c2ccc(F)cc2F)cc1. The monoisotopic (exact) mass is 485 g/mol. The van der Waals surface area contributed by atoms with E-state index in [9.17, 15) is 28.3 Å². The fourth-order valence-electron chi connectivity index (χ4n) is 3.49. The zero-order valence-electron chi connectivity index (χ0n) is 19.4. The van der Waals surface area contributed by atoms with Crippen molar-refractivity contribution in [3.8, 4) is 16.9 Å². The number of aryl methyl sites for hydroxylation is 1. The number of urea groups is 1. The van der Waals surface area contributed by atoms with E-state index in [1.807, 2.05) is 0 Å². The molecule has 10 heteroatoms. The van der Waals surface area contributed by atoms with E-state index in [2.05, 4.69) is 10.6 Å². The second-order valence-corrected chi connectivity index (χ2v) is 7.82. The number of aromatic nitrogens is 1. The summed E-state index contributed by atoms with van der Waals surface area (Å²) in [5.74, 6) is -2.38. The van der Waals surface area contributed by atoms with Gasteiger partial charge in [0.05, 0.1) is 19.1 Å². The average Bonchev–Trinajstić information content (AvgIpc) is 2.80. The highest BCUT2D eigenvalue weighted by Crippen LogP contribution is 2.27. The number of esters is 1. The van der Waals surface area contributed by atoms with Crippen molar-refractivity contribution in [2.45, 2.75) is 26.3 Å².